The Morgan fingerprint density at radius 3 is 3.14 bits per heavy atom. The smallest absolute Gasteiger partial charge is 0.223 e. The zero-order valence-electron chi connectivity index (χ0n) is 7.82. The van der Waals surface area contributed by atoms with E-state index in [9.17, 15) is 4.79 Å². The van der Waals surface area contributed by atoms with Gasteiger partial charge in [0.05, 0.1) is 12.5 Å². The Morgan fingerprint density at radius 1 is 1.64 bits per heavy atom. The van der Waals surface area contributed by atoms with Gasteiger partial charge >= 0.3 is 0 Å². The second kappa shape index (κ2) is 4.06. The summed E-state index contributed by atoms with van der Waals surface area (Å²) >= 11 is 1.58. The summed E-state index contributed by atoms with van der Waals surface area (Å²) in [6.07, 6.45) is 5.72. The molecule has 0 radical (unpaired) electrons. The average molecular weight is 212 g/mol. The quantitative estimate of drug-likeness (QED) is 0.770. The van der Waals surface area contributed by atoms with Crippen LogP contribution >= 0.6 is 11.8 Å². The van der Waals surface area contributed by atoms with Crippen molar-refractivity contribution in [3.8, 4) is 0 Å². The van der Waals surface area contributed by atoms with Crippen LogP contribution in [0.1, 0.15) is 18.0 Å². The standard InChI is InChI=1S/C9H12N2O2S/c1-14-9-10-7(4-8(12)11-9)6-2-3-13-5-6/h2-3,5,7,9-10H,4H2,1H3,(H,11,12). The first-order valence-corrected chi connectivity index (χ1v) is 5.68. The number of hydrogen-bond acceptors (Lipinski definition) is 4. The van der Waals surface area contributed by atoms with E-state index in [-0.39, 0.29) is 17.4 Å². The molecule has 1 aliphatic rings. The molecular weight excluding hydrogens is 200 g/mol. The van der Waals surface area contributed by atoms with Gasteiger partial charge in [0.25, 0.3) is 0 Å². The Kier molecular flexibility index (Phi) is 2.79. The molecule has 0 aliphatic carbocycles. The molecule has 2 N–H and O–H groups in total. The van der Waals surface area contributed by atoms with Gasteiger partial charge in [-0.05, 0) is 12.3 Å². The lowest BCUT2D eigenvalue weighted by Crippen LogP contribution is -2.50. The maximum Gasteiger partial charge on any atom is 0.223 e. The molecule has 0 spiro atoms. The third-order valence-corrected chi connectivity index (χ3v) is 2.94. The molecule has 1 aromatic heterocycles. The summed E-state index contributed by atoms with van der Waals surface area (Å²) in [5.74, 6) is 0.0781. The van der Waals surface area contributed by atoms with Crippen LogP contribution in [0, 0.1) is 0 Å². The lowest BCUT2D eigenvalue weighted by Gasteiger charge is -2.29. The van der Waals surface area contributed by atoms with Gasteiger partial charge in [-0.2, -0.15) is 0 Å². The zero-order valence-corrected chi connectivity index (χ0v) is 8.64. The molecule has 0 bridgehead atoms. The number of carbonyl (C=O) groups excluding carboxylic acids is 1. The summed E-state index contributed by atoms with van der Waals surface area (Å²) in [6.45, 7) is 0. The number of rotatable bonds is 2. The fraction of sp³-hybridized carbons (Fsp3) is 0.444. The summed E-state index contributed by atoms with van der Waals surface area (Å²) in [5, 5.41) is 6.15. The van der Waals surface area contributed by atoms with Gasteiger partial charge < -0.3 is 9.73 Å². The van der Waals surface area contributed by atoms with Crippen molar-refractivity contribution in [2.24, 2.45) is 0 Å². The van der Waals surface area contributed by atoms with Gasteiger partial charge in [0, 0.05) is 18.0 Å². The van der Waals surface area contributed by atoms with Crippen LogP contribution in [0.5, 0.6) is 0 Å². The predicted molar refractivity (Wildman–Crippen MR) is 54.6 cm³/mol. The Morgan fingerprint density at radius 2 is 2.50 bits per heavy atom. The van der Waals surface area contributed by atoms with Gasteiger partial charge in [-0.15, -0.1) is 11.8 Å². The molecule has 2 atom stereocenters. The van der Waals surface area contributed by atoms with Crippen LogP contribution < -0.4 is 10.6 Å². The molecule has 2 rings (SSSR count). The fourth-order valence-electron chi connectivity index (χ4n) is 1.49. The molecule has 1 saturated heterocycles. The number of furan rings is 1. The van der Waals surface area contributed by atoms with Gasteiger partial charge in [0.15, 0.2) is 0 Å². The molecule has 1 amide bonds. The van der Waals surface area contributed by atoms with Crippen molar-refractivity contribution in [3.05, 3.63) is 24.2 Å². The maximum absolute atomic E-state index is 11.3. The van der Waals surface area contributed by atoms with E-state index in [1.165, 1.54) is 0 Å². The van der Waals surface area contributed by atoms with E-state index in [1.807, 2.05) is 12.3 Å². The molecule has 5 heteroatoms. The molecule has 1 aromatic rings. The number of thioether (sulfide) groups is 1. The highest BCUT2D eigenvalue weighted by Gasteiger charge is 2.26. The molecule has 0 saturated carbocycles. The van der Waals surface area contributed by atoms with E-state index in [2.05, 4.69) is 10.6 Å². The first kappa shape index (κ1) is 9.61. The Labute approximate surface area is 86.4 Å². The van der Waals surface area contributed by atoms with Gasteiger partial charge in [-0.25, -0.2) is 0 Å². The maximum atomic E-state index is 11.3. The molecule has 14 heavy (non-hydrogen) atoms. The van der Waals surface area contributed by atoms with E-state index in [0.717, 1.165) is 5.56 Å². The van der Waals surface area contributed by atoms with Gasteiger partial charge in [0.2, 0.25) is 5.91 Å². The summed E-state index contributed by atoms with van der Waals surface area (Å²) in [5.41, 5.74) is 1.02. The van der Waals surface area contributed by atoms with Crippen LogP contribution in [0.3, 0.4) is 0 Å². The minimum atomic E-state index is -0.00356. The topological polar surface area (TPSA) is 54.3 Å². The van der Waals surface area contributed by atoms with Crippen molar-refractivity contribution in [2.45, 2.75) is 18.0 Å². The molecule has 76 valence electrons. The van der Waals surface area contributed by atoms with Crippen LogP contribution in [0.4, 0.5) is 0 Å². The monoisotopic (exact) mass is 212 g/mol. The second-order valence-electron chi connectivity index (χ2n) is 3.16. The van der Waals surface area contributed by atoms with E-state index >= 15 is 0 Å². The lowest BCUT2D eigenvalue weighted by molar-refractivity contribution is -0.123. The number of nitrogens with one attached hydrogen (secondary N) is 2. The average Bonchev–Trinajstić information content (AvgIpc) is 2.69. The van der Waals surface area contributed by atoms with Crippen LogP contribution in [-0.4, -0.2) is 17.7 Å². The number of hydrogen-bond donors (Lipinski definition) is 2. The third-order valence-electron chi connectivity index (χ3n) is 2.22. The Balaban J connectivity index is 2.09. The van der Waals surface area contributed by atoms with E-state index < -0.39 is 0 Å². The molecular formula is C9H12N2O2S. The Bertz CT molecular complexity index is 313. The van der Waals surface area contributed by atoms with Crippen LogP contribution in [0.15, 0.2) is 23.0 Å². The highest BCUT2D eigenvalue weighted by Crippen LogP contribution is 2.22. The molecule has 2 heterocycles. The SMILES string of the molecule is CSC1NC(=O)CC(c2ccoc2)N1. The largest absolute Gasteiger partial charge is 0.472 e. The normalized spacial score (nSPS) is 27.4. The van der Waals surface area contributed by atoms with Gasteiger partial charge in [0.1, 0.15) is 5.50 Å². The van der Waals surface area contributed by atoms with E-state index in [4.69, 9.17) is 4.42 Å². The first-order chi connectivity index (χ1) is 6.79. The number of carbonyl (C=O) groups is 1. The zero-order chi connectivity index (χ0) is 9.97. The number of amides is 1. The molecule has 4 nitrogen and oxygen atoms in total. The molecule has 0 aromatic carbocycles. The summed E-state index contributed by atoms with van der Waals surface area (Å²) in [6, 6.07) is 1.95. The van der Waals surface area contributed by atoms with E-state index in [1.54, 1.807) is 24.3 Å². The second-order valence-corrected chi connectivity index (χ2v) is 4.11. The minimum absolute atomic E-state index is 0.00356. The molecule has 1 aliphatic heterocycles. The minimum Gasteiger partial charge on any atom is -0.472 e. The summed E-state index contributed by atoms with van der Waals surface area (Å²) in [7, 11) is 0. The fourth-order valence-corrected chi connectivity index (χ4v) is 2.04. The summed E-state index contributed by atoms with van der Waals surface area (Å²) in [4.78, 5) is 11.3. The van der Waals surface area contributed by atoms with Crippen molar-refractivity contribution in [1.29, 1.82) is 0 Å². The van der Waals surface area contributed by atoms with Crippen molar-refractivity contribution in [2.75, 3.05) is 6.26 Å². The Hall–Kier alpha value is -0.940. The van der Waals surface area contributed by atoms with Crippen LogP contribution in [0.2, 0.25) is 0 Å². The van der Waals surface area contributed by atoms with E-state index in [0.29, 0.717) is 6.42 Å². The first-order valence-electron chi connectivity index (χ1n) is 4.40. The molecule has 2 unspecified atom stereocenters. The predicted octanol–water partition coefficient (Wildman–Crippen LogP) is 1.08. The lowest BCUT2D eigenvalue weighted by atomic mass is 10.1. The highest BCUT2D eigenvalue weighted by molar-refractivity contribution is 7.99. The van der Waals surface area contributed by atoms with Crippen LogP contribution in [-0.2, 0) is 4.79 Å². The highest BCUT2D eigenvalue weighted by atomic mass is 32.2. The van der Waals surface area contributed by atoms with Crippen molar-refractivity contribution in [1.82, 2.24) is 10.6 Å². The van der Waals surface area contributed by atoms with Crippen LogP contribution in [0.25, 0.3) is 0 Å². The van der Waals surface area contributed by atoms with Crippen molar-refractivity contribution < 1.29 is 9.21 Å². The van der Waals surface area contributed by atoms with Gasteiger partial charge in [-0.3, -0.25) is 10.1 Å². The summed E-state index contributed by atoms with van der Waals surface area (Å²) < 4.78 is 4.99. The van der Waals surface area contributed by atoms with Crippen molar-refractivity contribution in [3.63, 3.8) is 0 Å². The van der Waals surface area contributed by atoms with Gasteiger partial charge in [-0.1, -0.05) is 0 Å². The van der Waals surface area contributed by atoms with Crippen molar-refractivity contribution >= 4 is 17.7 Å². The third kappa shape index (κ3) is 1.93. The molecule has 1 fully saturated rings.